The second-order valence-electron chi connectivity index (χ2n) is 7.55. The summed E-state index contributed by atoms with van der Waals surface area (Å²) >= 11 is 1.45. The van der Waals surface area contributed by atoms with Crippen LogP contribution in [0.1, 0.15) is 25.3 Å². The van der Waals surface area contributed by atoms with E-state index in [1.165, 1.54) is 18.2 Å². The van der Waals surface area contributed by atoms with Crippen LogP contribution in [0.25, 0.3) is 17.1 Å². The summed E-state index contributed by atoms with van der Waals surface area (Å²) in [5.41, 5.74) is 3.03. The van der Waals surface area contributed by atoms with Gasteiger partial charge in [0.05, 0.1) is 11.4 Å². The maximum atomic E-state index is 12.7. The Morgan fingerprint density at radius 2 is 2.07 bits per heavy atom. The molecule has 4 rings (SSSR count). The second-order valence-corrected chi connectivity index (χ2v) is 8.49. The number of para-hydroxylation sites is 1. The van der Waals surface area contributed by atoms with Crippen molar-refractivity contribution in [3.05, 3.63) is 54.4 Å². The predicted octanol–water partition coefficient (Wildman–Crippen LogP) is 3.99. The van der Waals surface area contributed by atoms with Gasteiger partial charge in [-0.2, -0.15) is 0 Å². The van der Waals surface area contributed by atoms with Gasteiger partial charge in [0, 0.05) is 31.0 Å². The first-order chi connectivity index (χ1) is 14.1. The Morgan fingerprint density at radius 3 is 2.83 bits per heavy atom. The van der Waals surface area contributed by atoms with Crippen LogP contribution in [0.3, 0.4) is 0 Å². The zero-order valence-corrected chi connectivity index (χ0v) is 17.6. The third-order valence-electron chi connectivity index (χ3n) is 5.24. The summed E-state index contributed by atoms with van der Waals surface area (Å²) in [4.78, 5) is 19.0. The van der Waals surface area contributed by atoms with Crippen molar-refractivity contribution < 1.29 is 4.79 Å². The molecule has 0 aliphatic carbocycles. The van der Waals surface area contributed by atoms with Crippen LogP contribution in [0.5, 0.6) is 0 Å². The van der Waals surface area contributed by atoms with Crippen LogP contribution in [-0.4, -0.2) is 49.4 Å². The molecule has 2 aromatic heterocycles. The summed E-state index contributed by atoms with van der Waals surface area (Å²) in [5.74, 6) is 1.84. The van der Waals surface area contributed by atoms with Crippen molar-refractivity contribution in [3.63, 3.8) is 0 Å². The number of thioether (sulfide) groups is 1. The molecule has 29 heavy (non-hydrogen) atoms. The van der Waals surface area contributed by atoms with Crippen LogP contribution in [0.2, 0.25) is 0 Å². The van der Waals surface area contributed by atoms with Crippen molar-refractivity contribution >= 4 is 17.7 Å². The van der Waals surface area contributed by atoms with Crippen molar-refractivity contribution in [2.45, 2.75) is 31.8 Å². The fraction of sp³-hybridized carbons (Fsp3) is 0.364. The van der Waals surface area contributed by atoms with Crippen LogP contribution in [0.4, 0.5) is 0 Å². The molecule has 1 fully saturated rings. The van der Waals surface area contributed by atoms with Crippen LogP contribution >= 0.6 is 11.8 Å². The number of aryl methyl sites for hydroxylation is 1. The second kappa shape index (κ2) is 8.78. The fourth-order valence-corrected chi connectivity index (χ4v) is 4.56. The van der Waals surface area contributed by atoms with E-state index in [9.17, 15) is 4.79 Å². The summed E-state index contributed by atoms with van der Waals surface area (Å²) in [6.45, 7) is 5.98. The van der Waals surface area contributed by atoms with E-state index in [0.29, 0.717) is 11.7 Å². The lowest BCUT2D eigenvalue weighted by Gasteiger charge is -2.30. The van der Waals surface area contributed by atoms with Gasteiger partial charge in [0.15, 0.2) is 11.0 Å². The molecule has 1 saturated heterocycles. The van der Waals surface area contributed by atoms with Crippen molar-refractivity contribution in [2.75, 3.05) is 18.8 Å². The summed E-state index contributed by atoms with van der Waals surface area (Å²) < 4.78 is 2.03. The molecular weight excluding hydrogens is 382 g/mol. The van der Waals surface area contributed by atoms with E-state index >= 15 is 0 Å². The molecule has 1 atom stereocenters. The Labute approximate surface area is 175 Å². The summed E-state index contributed by atoms with van der Waals surface area (Å²) in [6, 6.07) is 12.0. The van der Waals surface area contributed by atoms with Crippen LogP contribution in [0.15, 0.2) is 53.9 Å². The van der Waals surface area contributed by atoms with Gasteiger partial charge in [-0.3, -0.25) is 14.3 Å². The minimum atomic E-state index is 0.170. The van der Waals surface area contributed by atoms with Gasteiger partial charge < -0.3 is 4.90 Å². The van der Waals surface area contributed by atoms with Gasteiger partial charge in [-0.1, -0.05) is 36.9 Å². The fourth-order valence-electron chi connectivity index (χ4n) is 3.71. The number of amides is 1. The van der Waals surface area contributed by atoms with E-state index in [1.807, 2.05) is 33.7 Å². The van der Waals surface area contributed by atoms with Gasteiger partial charge in [-0.25, -0.2) is 0 Å². The van der Waals surface area contributed by atoms with Crippen LogP contribution in [-0.2, 0) is 4.79 Å². The molecule has 1 amide bonds. The third kappa shape index (κ3) is 4.34. The molecule has 0 N–H and O–H groups in total. The molecule has 6 nitrogen and oxygen atoms in total. The molecule has 7 heteroatoms. The van der Waals surface area contributed by atoms with Crippen molar-refractivity contribution in [1.82, 2.24) is 24.6 Å². The van der Waals surface area contributed by atoms with Crippen LogP contribution < -0.4 is 0 Å². The lowest BCUT2D eigenvalue weighted by molar-refractivity contribution is -0.130. The number of hydrogen-bond acceptors (Lipinski definition) is 5. The highest BCUT2D eigenvalue weighted by Gasteiger charge is 2.23. The number of benzene rings is 1. The SMILES string of the molecule is Cc1ccccc1-n1c(SCC(=O)N2CCC[C@@H](C)C2)nnc1-c1cccnc1. The molecule has 0 saturated carbocycles. The van der Waals surface area contributed by atoms with E-state index in [-0.39, 0.29) is 5.91 Å². The van der Waals surface area contributed by atoms with Crippen molar-refractivity contribution in [3.8, 4) is 17.1 Å². The van der Waals surface area contributed by atoms with Crippen LogP contribution in [0, 0.1) is 12.8 Å². The maximum Gasteiger partial charge on any atom is 0.233 e. The first kappa shape index (κ1) is 19.6. The first-order valence-electron chi connectivity index (χ1n) is 9.96. The molecule has 1 aromatic carbocycles. The highest BCUT2D eigenvalue weighted by Crippen LogP contribution is 2.29. The predicted molar refractivity (Wildman–Crippen MR) is 115 cm³/mol. The molecule has 1 aliphatic rings. The number of aromatic nitrogens is 4. The minimum Gasteiger partial charge on any atom is -0.342 e. The largest absolute Gasteiger partial charge is 0.342 e. The first-order valence-corrected chi connectivity index (χ1v) is 10.9. The molecule has 0 unspecified atom stereocenters. The van der Waals surface area contributed by atoms with Gasteiger partial charge >= 0.3 is 0 Å². The van der Waals surface area contributed by atoms with Gasteiger partial charge in [-0.05, 0) is 49.4 Å². The molecule has 3 aromatic rings. The number of likely N-dealkylation sites (tertiary alicyclic amines) is 1. The monoisotopic (exact) mass is 407 g/mol. The Kier molecular flexibility index (Phi) is 5.94. The summed E-state index contributed by atoms with van der Waals surface area (Å²) in [5, 5.41) is 9.57. The number of carbonyl (C=O) groups excluding carboxylic acids is 1. The quantitative estimate of drug-likeness (QED) is 0.599. The Balaban J connectivity index is 1.63. The number of carbonyl (C=O) groups is 1. The van der Waals surface area contributed by atoms with Gasteiger partial charge in [0.2, 0.25) is 5.91 Å². The average Bonchev–Trinajstić information content (AvgIpc) is 3.16. The van der Waals surface area contributed by atoms with Gasteiger partial charge in [0.25, 0.3) is 0 Å². The number of pyridine rings is 1. The standard InChI is InChI=1S/C22H25N5OS/c1-16-7-6-12-26(14-16)20(28)15-29-22-25-24-21(18-9-5-11-23-13-18)27(22)19-10-4-3-8-17(19)2/h3-5,8-11,13,16H,6-7,12,14-15H2,1-2H3/t16-/m1/s1. The maximum absolute atomic E-state index is 12.7. The summed E-state index contributed by atoms with van der Waals surface area (Å²) in [6.07, 6.45) is 5.81. The zero-order valence-electron chi connectivity index (χ0n) is 16.8. The lowest BCUT2D eigenvalue weighted by atomic mass is 10.0. The molecule has 150 valence electrons. The molecule has 0 bridgehead atoms. The third-order valence-corrected chi connectivity index (χ3v) is 6.16. The number of rotatable bonds is 5. The van der Waals surface area contributed by atoms with E-state index in [2.05, 4.69) is 41.2 Å². The van der Waals surface area contributed by atoms with Gasteiger partial charge in [0.1, 0.15) is 0 Å². The topological polar surface area (TPSA) is 63.9 Å². The van der Waals surface area contributed by atoms with E-state index in [4.69, 9.17) is 0 Å². The minimum absolute atomic E-state index is 0.170. The average molecular weight is 408 g/mol. The summed E-state index contributed by atoms with van der Waals surface area (Å²) in [7, 11) is 0. The van der Waals surface area contributed by atoms with E-state index < -0.39 is 0 Å². The zero-order chi connectivity index (χ0) is 20.2. The molecule has 1 aliphatic heterocycles. The molecule has 0 spiro atoms. The van der Waals surface area contributed by atoms with Crippen molar-refractivity contribution in [2.24, 2.45) is 5.92 Å². The molecule has 3 heterocycles. The number of piperidine rings is 1. The van der Waals surface area contributed by atoms with Gasteiger partial charge in [-0.15, -0.1) is 10.2 Å². The molecular formula is C22H25N5OS. The number of hydrogen-bond donors (Lipinski definition) is 0. The highest BCUT2D eigenvalue weighted by molar-refractivity contribution is 7.99. The Bertz CT molecular complexity index is 988. The smallest absolute Gasteiger partial charge is 0.233 e. The van der Waals surface area contributed by atoms with E-state index in [1.54, 1.807) is 12.4 Å². The highest BCUT2D eigenvalue weighted by atomic mass is 32.2. The Hall–Kier alpha value is -2.67. The van der Waals surface area contributed by atoms with E-state index in [0.717, 1.165) is 47.3 Å². The lowest BCUT2D eigenvalue weighted by Crippen LogP contribution is -2.40. The normalized spacial score (nSPS) is 16.8. The van der Waals surface area contributed by atoms with Crippen molar-refractivity contribution in [1.29, 1.82) is 0 Å². The molecule has 0 radical (unpaired) electrons. The Morgan fingerprint density at radius 1 is 1.21 bits per heavy atom. The number of nitrogens with zero attached hydrogens (tertiary/aromatic N) is 5.